The highest BCUT2D eigenvalue weighted by atomic mass is 19.4. The summed E-state index contributed by atoms with van der Waals surface area (Å²) < 4.78 is 51.4. The molecule has 0 radical (unpaired) electrons. The minimum atomic E-state index is -4.77. The van der Waals surface area contributed by atoms with Gasteiger partial charge in [-0.3, -0.25) is 9.48 Å². The first-order valence-corrected chi connectivity index (χ1v) is 12.4. The molecule has 2 aromatic carbocycles. The molecular formula is C27H27F3N4O4. The summed E-state index contributed by atoms with van der Waals surface area (Å²) in [5.41, 5.74) is 2.94. The van der Waals surface area contributed by atoms with Crippen LogP contribution in [0.5, 0.6) is 11.5 Å². The maximum Gasteiger partial charge on any atom is 0.573 e. The number of ether oxygens (including phenoxy) is 2. The zero-order valence-corrected chi connectivity index (χ0v) is 20.7. The summed E-state index contributed by atoms with van der Waals surface area (Å²) in [6, 6.07) is 13.0. The van der Waals surface area contributed by atoms with Gasteiger partial charge < -0.3 is 19.1 Å². The first kappa shape index (κ1) is 25.6. The van der Waals surface area contributed by atoms with Crippen molar-refractivity contribution >= 4 is 17.0 Å². The zero-order chi connectivity index (χ0) is 26.9. The molecule has 1 fully saturated rings. The Labute approximate surface area is 216 Å². The molecule has 200 valence electrons. The van der Waals surface area contributed by atoms with Crippen molar-refractivity contribution < 1.29 is 32.5 Å². The van der Waals surface area contributed by atoms with Crippen LogP contribution in [0.15, 0.2) is 54.7 Å². The van der Waals surface area contributed by atoms with E-state index in [4.69, 9.17) is 9.72 Å². The van der Waals surface area contributed by atoms with Crippen LogP contribution in [0.4, 0.5) is 13.2 Å². The van der Waals surface area contributed by atoms with Gasteiger partial charge in [0.2, 0.25) is 0 Å². The van der Waals surface area contributed by atoms with Gasteiger partial charge in [0.05, 0.1) is 22.6 Å². The minimum Gasteiger partial charge on any atom is -0.487 e. The lowest BCUT2D eigenvalue weighted by molar-refractivity contribution is -0.274. The van der Waals surface area contributed by atoms with Gasteiger partial charge in [0.25, 0.3) is 0 Å². The number of imidazole rings is 1. The Bertz CT molecular complexity index is 1430. The molecule has 0 saturated heterocycles. The smallest absolute Gasteiger partial charge is 0.487 e. The van der Waals surface area contributed by atoms with E-state index in [1.807, 2.05) is 42.1 Å². The minimum absolute atomic E-state index is 0.276. The van der Waals surface area contributed by atoms with Crippen LogP contribution in [-0.4, -0.2) is 36.8 Å². The van der Waals surface area contributed by atoms with E-state index in [1.165, 1.54) is 12.1 Å². The van der Waals surface area contributed by atoms with Crippen molar-refractivity contribution in [1.29, 1.82) is 0 Å². The molecule has 0 aliphatic heterocycles. The van der Waals surface area contributed by atoms with Gasteiger partial charge in [0, 0.05) is 31.8 Å². The molecule has 8 nitrogen and oxygen atoms in total. The van der Waals surface area contributed by atoms with Crippen LogP contribution >= 0.6 is 0 Å². The van der Waals surface area contributed by atoms with Crippen LogP contribution in [0.1, 0.15) is 48.7 Å². The predicted molar refractivity (Wildman–Crippen MR) is 132 cm³/mol. The Morgan fingerprint density at radius 3 is 2.50 bits per heavy atom. The molecule has 11 heteroatoms. The quantitative estimate of drug-likeness (QED) is 0.318. The molecule has 0 spiro atoms. The molecule has 1 aliphatic rings. The number of halogens is 3. The number of hydrogen-bond donors (Lipinski definition) is 1. The summed E-state index contributed by atoms with van der Waals surface area (Å²) in [6.45, 7) is 0.572. The Morgan fingerprint density at radius 1 is 1.08 bits per heavy atom. The van der Waals surface area contributed by atoms with Crippen molar-refractivity contribution in [2.75, 3.05) is 0 Å². The number of hydrogen-bond acceptors (Lipinski definition) is 5. The third-order valence-corrected chi connectivity index (χ3v) is 6.82. The van der Waals surface area contributed by atoms with Crippen molar-refractivity contribution in [2.24, 2.45) is 13.0 Å². The molecule has 2 heterocycles. The van der Waals surface area contributed by atoms with Gasteiger partial charge in [-0.1, -0.05) is 25.0 Å². The maximum atomic E-state index is 12.6. The Kier molecular flexibility index (Phi) is 7.00. The Morgan fingerprint density at radius 2 is 1.82 bits per heavy atom. The fourth-order valence-corrected chi connectivity index (χ4v) is 5.07. The number of carbonyl (C=O) groups is 1. The summed E-state index contributed by atoms with van der Waals surface area (Å²) in [6.07, 6.45) is 0.0806. The Hall–Kier alpha value is -4.02. The number of fused-ring (bicyclic) bond motifs is 1. The summed E-state index contributed by atoms with van der Waals surface area (Å²) in [7, 11) is 1.83. The molecule has 0 amide bonds. The molecule has 2 aromatic heterocycles. The van der Waals surface area contributed by atoms with E-state index in [0.29, 0.717) is 36.5 Å². The number of alkyl halides is 3. The molecule has 1 N–H and O–H groups in total. The van der Waals surface area contributed by atoms with E-state index in [1.54, 1.807) is 16.8 Å². The van der Waals surface area contributed by atoms with Crippen LogP contribution < -0.4 is 9.47 Å². The lowest BCUT2D eigenvalue weighted by atomic mass is 9.78. The van der Waals surface area contributed by atoms with E-state index in [-0.39, 0.29) is 18.3 Å². The number of carboxylic acids is 1. The largest absolute Gasteiger partial charge is 0.573 e. The van der Waals surface area contributed by atoms with E-state index in [2.05, 4.69) is 9.84 Å². The number of aromatic nitrogens is 4. The SMILES string of the molecule is Cn1ccc(COc2ccc3nc([C@H]4CCCC[C@@H]4C(=O)O)n(Cc4ccc(OC(F)(F)F)cc4)c3c2)n1. The second-order valence-electron chi connectivity index (χ2n) is 9.50. The molecular weight excluding hydrogens is 501 g/mol. The summed E-state index contributed by atoms with van der Waals surface area (Å²) in [5, 5.41) is 14.2. The van der Waals surface area contributed by atoms with Gasteiger partial charge >= 0.3 is 12.3 Å². The van der Waals surface area contributed by atoms with Gasteiger partial charge in [-0.2, -0.15) is 5.10 Å². The first-order chi connectivity index (χ1) is 18.2. The zero-order valence-electron chi connectivity index (χ0n) is 20.7. The highest BCUT2D eigenvalue weighted by Crippen LogP contribution is 2.39. The van der Waals surface area contributed by atoms with E-state index in [0.717, 1.165) is 29.6 Å². The number of nitrogens with zero attached hydrogens (tertiary/aromatic N) is 4. The monoisotopic (exact) mass is 528 g/mol. The normalized spacial score (nSPS) is 18.0. The number of aryl methyl sites for hydroxylation is 1. The molecule has 5 rings (SSSR count). The van der Waals surface area contributed by atoms with Gasteiger partial charge in [-0.15, -0.1) is 13.2 Å². The van der Waals surface area contributed by atoms with Gasteiger partial charge in [-0.25, -0.2) is 4.98 Å². The van der Waals surface area contributed by atoms with E-state index < -0.39 is 18.2 Å². The maximum absolute atomic E-state index is 12.6. The fourth-order valence-electron chi connectivity index (χ4n) is 5.07. The highest BCUT2D eigenvalue weighted by Gasteiger charge is 2.35. The highest BCUT2D eigenvalue weighted by molar-refractivity contribution is 5.79. The Balaban J connectivity index is 1.50. The predicted octanol–water partition coefficient (Wildman–Crippen LogP) is 5.65. The topological polar surface area (TPSA) is 91.4 Å². The van der Waals surface area contributed by atoms with Crippen molar-refractivity contribution in [3.8, 4) is 11.5 Å². The number of rotatable bonds is 8. The van der Waals surface area contributed by atoms with Gasteiger partial charge in [-0.05, 0) is 48.7 Å². The second-order valence-corrected chi connectivity index (χ2v) is 9.50. The van der Waals surface area contributed by atoms with Crippen LogP contribution in [0.2, 0.25) is 0 Å². The first-order valence-electron chi connectivity index (χ1n) is 12.4. The van der Waals surface area contributed by atoms with Crippen molar-refractivity contribution in [2.45, 2.75) is 51.1 Å². The van der Waals surface area contributed by atoms with Crippen molar-refractivity contribution in [3.63, 3.8) is 0 Å². The number of benzene rings is 2. The van der Waals surface area contributed by atoms with Gasteiger partial charge in [0.15, 0.2) is 0 Å². The molecule has 2 atom stereocenters. The number of aliphatic carboxylic acids is 1. The van der Waals surface area contributed by atoms with Crippen molar-refractivity contribution in [3.05, 3.63) is 71.8 Å². The fraction of sp³-hybridized carbons (Fsp3) is 0.370. The van der Waals surface area contributed by atoms with Crippen LogP contribution in [-0.2, 0) is 25.0 Å². The van der Waals surface area contributed by atoms with Crippen molar-refractivity contribution in [1.82, 2.24) is 19.3 Å². The molecule has 1 aliphatic carbocycles. The lowest BCUT2D eigenvalue weighted by Gasteiger charge is -2.28. The van der Waals surface area contributed by atoms with Crippen LogP contribution in [0.3, 0.4) is 0 Å². The average molecular weight is 529 g/mol. The molecule has 0 bridgehead atoms. The van der Waals surface area contributed by atoms with Gasteiger partial charge in [0.1, 0.15) is 23.9 Å². The van der Waals surface area contributed by atoms with Crippen LogP contribution in [0.25, 0.3) is 11.0 Å². The second kappa shape index (κ2) is 10.4. The van der Waals surface area contributed by atoms with E-state index in [9.17, 15) is 23.1 Å². The van der Waals surface area contributed by atoms with Crippen LogP contribution in [0, 0.1) is 5.92 Å². The third-order valence-electron chi connectivity index (χ3n) is 6.82. The average Bonchev–Trinajstić information content (AvgIpc) is 3.46. The summed E-state index contributed by atoms with van der Waals surface area (Å²) in [5.74, 6) is -0.726. The van der Waals surface area contributed by atoms with E-state index >= 15 is 0 Å². The molecule has 38 heavy (non-hydrogen) atoms. The summed E-state index contributed by atoms with van der Waals surface area (Å²) >= 11 is 0. The molecule has 4 aromatic rings. The molecule has 0 unspecified atom stereocenters. The lowest BCUT2D eigenvalue weighted by Crippen LogP contribution is -2.27. The number of carboxylic acid groups (broad SMARTS) is 1. The third kappa shape index (κ3) is 5.76. The standard InChI is InChI=1S/C27H27F3N4O4/c1-33-13-12-18(32-33)16-37-20-10-11-23-24(14-20)34(15-17-6-8-19(9-7-17)38-27(28,29)30)25(31-23)21-4-2-3-5-22(21)26(35)36/h6-14,21-22H,2-5,15-16H2,1H3,(H,35,36)/t21-,22-/m0/s1. The summed E-state index contributed by atoms with van der Waals surface area (Å²) in [4.78, 5) is 16.9. The molecule has 1 saturated carbocycles.